The van der Waals surface area contributed by atoms with Crippen molar-refractivity contribution in [1.29, 1.82) is 0 Å². The van der Waals surface area contributed by atoms with Crippen LogP contribution in [0, 0.1) is 5.92 Å². The van der Waals surface area contributed by atoms with Crippen LogP contribution in [-0.4, -0.2) is 29.7 Å². The third-order valence-electron chi connectivity index (χ3n) is 3.32. The minimum Gasteiger partial charge on any atom is -0.487 e. The Labute approximate surface area is 144 Å². The molecular formula is C19H28O5. The van der Waals surface area contributed by atoms with Crippen LogP contribution in [0.4, 0.5) is 0 Å². The summed E-state index contributed by atoms with van der Waals surface area (Å²) in [7, 11) is 0. The Kier molecular flexibility index (Phi) is 7.26. The first-order valence-corrected chi connectivity index (χ1v) is 8.22. The van der Waals surface area contributed by atoms with Crippen LogP contribution in [0.1, 0.15) is 48.0 Å². The summed E-state index contributed by atoms with van der Waals surface area (Å²) in [6.07, 6.45) is -0.736. The molecule has 0 aromatic heterocycles. The number of carbonyl (C=O) groups is 2. The maximum atomic E-state index is 12.1. The third kappa shape index (κ3) is 7.49. The minimum atomic E-state index is -0.564. The van der Waals surface area contributed by atoms with Crippen LogP contribution >= 0.6 is 0 Å². The van der Waals surface area contributed by atoms with Crippen LogP contribution in [0.3, 0.4) is 0 Å². The minimum absolute atomic E-state index is 0.00323. The number of hydrogen-bond acceptors (Lipinski definition) is 5. The molecule has 0 spiro atoms. The van der Waals surface area contributed by atoms with E-state index in [1.54, 1.807) is 34.6 Å². The summed E-state index contributed by atoms with van der Waals surface area (Å²) in [4.78, 5) is 23.9. The second-order valence-corrected chi connectivity index (χ2v) is 6.97. The second-order valence-electron chi connectivity index (χ2n) is 6.97. The van der Waals surface area contributed by atoms with Crippen molar-refractivity contribution in [1.82, 2.24) is 0 Å². The van der Waals surface area contributed by atoms with Gasteiger partial charge >= 0.3 is 11.9 Å². The first-order chi connectivity index (χ1) is 11.1. The van der Waals surface area contributed by atoms with Gasteiger partial charge in [-0.3, -0.25) is 9.59 Å². The van der Waals surface area contributed by atoms with Crippen molar-refractivity contribution in [3.63, 3.8) is 0 Å². The topological polar surface area (TPSA) is 61.8 Å². The Morgan fingerprint density at radius 3 is 2.12 bits per heavy atom. The van der Waals surface area contributed by atoms with E-state index >= 15 is 0 Å². The van der Waals surface area contributed by atoms with Crippen LogP contribution in [0.5, 0.6) is 5.75 Å². The molecule has 1 rings (SSSR count). The maximum absolute atomic E-state index is 12.1. The largest absolute Gasteiger partial charge is 0.487 e. The van der Waals surface area contributed by atoms with Gasteiger partial charge in [0, 0.05) is 0 Å². The number of benzene rings is 1. The van der Waals surface area contributed by atoms with Crippen LogP contribution in [0.2, 0.25) is 0 Å². The molecule has 0 aliphatic heterocycles. The van der Waals surface area contributed by atoms with E-state index in [1.165, 1.54) is 0 Å². The molecule has 0 aliphatic rings. The first kappa shape index (κ1) is 20.0. The fourth-order valence-electron chi connectivity index (χ4n) is 1.92. The predicted octanol–water partition coefficient (Wildman–Crippen LogP) is 3.75. The molecule has 1 aromatic rings. The fourth-order valence-corrected chi connectivity index (χ4v) is 1.92. The van der Waals surface area contributed by atoms with Crippen molar-refractivity contribution in [2.75, 3.05) is 0 Å². The Morgan fingerprint density at radius 1 is 1.00 bits per heavy atom. The number of para-hydroxylation sites is 1. The molecule has 0 radical (unpaired) electrons. The molecule has 5 heteroatoms. The molecule has 0 amide bonds. The van der Waals surface area contributed by atoms with Gasteiger partial charge in [-0.05, 0) is 46.8 Å². The van der Waals surface area contributed by atoms with Gasteiger partial charge in [0.25, 0.3) is 0 Å². The van der Waals surface area contributed by atoms with E-state index < -0.39 is 29.6 Å². The van der Waals surface area contributed by atoms with E-state index in [2.05, 4.69) is 0 Å². The van der Waals surface area contributed by atoms with Crippen molar-refractivity contribution < 1.29 is 23.8 Å². The van der Waals surface area contributed by atoms with Gasteiger partial charge in [-0.2, -0.15) is 0 Å². The van der Waals surface area contributed by atoms with Gasteiger partial charge in [-0.1, -0.05) is 25.1 Å². The van der Waals surface area contributed by atoms with E-state index in [0.29, 0.717) is 0 Å². The quantitative estimate of drug-likeness (QED) is 0.710. The average Bonchev–Trinajstić information content (AvgIpc) is 2.45. The first-order valence-electron chi connectivity index (χ1n) is 8.22. The van der Waals surface area contributed by atoms with Crippen LogP contribution in [0.15, 0.2) is 30.3 Å². The Bertz CT molecular complexity index is 532. The molecule has 1 aromatic carbocycles. The molecule has 0 aliphatic carbocycles. The van der Waals surface area contributed by atoms with Gasteiger partial charge in [0.1, 0.15) is 23.6 Å². The van der Waals surface area contributed by atoms with Gasteiger partial charge in [0.05, 0.1) is 12.3 Å². The summed E-state index contributed by atoms with van der Waals surface area (Å²) in [6, 6.07) is 9.34. The lowest BCUT2D eigenvalue weighted by atomic mass is 10.1. The van der Waals surface area contributed by atoms with Gasteiger partial charge in [0.15, 0.2) is 0 Å². The third-order valence-corrected chi connectivity index (χ3v) is 3.32. The summed E-state index contributed by atoms with van der Waals surface area (Å²) < 4.78 is 16.4. The fraction of sp³-hybridized carbons (Fsp3) is 0.579. The van der Waals surface area contributed by atoms with Gasteiger partial charge in [0.2, 0.25) is 0 Å². The summed E-state index contributed by atoms with van der Waals surface area (Å²) in [5.74, 6) is -0.689. The number of rotatable bonds is 7. The van der Waals surface area contributed by atoms with E-state index in [-0.39, 0.29) is 12.5 Å². The lowest BCUT2D eigenvalue weighted by Gasteiger charge is -2.24. The zero-order valence-electron chi connectivity index (χ0n) is 15.4. The van der Waals surface area contributed by atoms with Crippen LogP contribution in [-0.2, 0) is 19.1 Å². The van der Waals surface area contributed by atoms with Crippen molar-refractivity contribution in [2.24, 2.45) is 5.92 Å². The summed E-state index contributed by atoms with van der Waals surface area (Å²) in [5.41, 5.74) is -0.563. The van der Waals surface area contributed by atoms with Crippen molar-refractivity contribution in [2.45, 2.75) is 65.8 Å². The normalized spacial score (nSPS) is 15.1. The number of ether oxygens (including phenoxy) is 3. The van der Waals surface area contributed by atoms with E-state index in [9.17, 15) is 9.59 Å². The molecule has 0 heterocycles. The number of esters is 2. The summed E-state index contributed by atoms with van der Waals surface area (Å²) in [5, 5.41) is 0. The number of hydrogen-bond donors (Lipinski definition) is 0. The highest BCUT2D eigenvalue weighted by Crippen LogP contribution is 2.16. The lowest BCUT2D eigenvalue weighted by Crippen LogP contribution is -2.33. The highest BCUT2D eigenvalue weighted by atomic mass is 16.6. The lowest BCUT2D eigenvalue weighted by molar-refractivity contribution is -0.164. The molecule has 0 N–H and O–H groups in total. The van der Waals surface area contributed by atoms with Gasteiger partial charge in [-0.25, -0.2) is 0 Å². The Balaban J connectivity index is 2.46. The zero-order valence-corrected chi connectivity index (χ0v) is 15.4. The molecule has 24 heavy (non-hydrogen) atoms. The second kappa shape index (κ2) is 8.71. The van der Waals surface area contributed by atoms with E-state index in [0.717, 1.165) is 5.75 Å². The van der Waals surface area contributed by atoms with Crippen molar-refractivity contribution in [3.8, 4) is 5.75 Å². The predicted molar refractivity (Wildman–Crippen MR) is 91.7 cm³/mol. The molecule has 0 bridgehead atoms. The Morgan fingerprint density at radius 2 is 1.58 bits per heavy atom. The van der Waals surface area contributed by atoms with Crippen molar-refractivity contribution in [3.05, 3.63) is 30.3 Å². The molecule has 5 nitrogen and oxygen atoms in total. The monoisotopic (exact) mass is 336 g/mol. The van der Waals surface area contributed by atoms with Crippen LogP contribution < -0.4 is 4.74 Å². The smallest absolute Gasteiger partial charge is 0.309 e. The zero-order chi connectivity index (χ0) is 18.3. The van der Waals surface area contributed by atoms with E-state index in [4.69, 9.17) is 14.2 Å². The number of carbonyl (C=O) groups excluding carboxylic acids is 2. The van der Waals surface area contributed by atoms with Gasteiger partial charge < -0.3 is 14.2 Å². The average molecular weight is 336 g/mol. The van der Waals surface area contributed by atoms with Crippen molar-refractivity contribution >= 4 is 11.9 Å². The molecule has 3 atom stereocenters. The molecule has 0 fully saturated rings. The summed E-state index contributed by atoms with van der Waals surface area (Å²) in [6.45, 7) is 10.6. The SMILES string of the molecule is C[C@H](CC(=O)OC(C)(C)C)C(=O)O[C@@H](C)[C@@H](C)Oc1ccccc1. The maximum Gasteiger partial charge on any atom is 0.309 e. The molecule has 0 unspecified atom stereocenters. The Hall–Kier alpha value is -2.04. The highest BCUT2D eigenvalue weighted by Gasteiger charge is 2.26. The molecule has 0 saturated carbocycles. The van der Waals surface area contributed by atoms with Gasteiger partial charge in [-0.15, -0.1) is 0 Å². The highest BCUT2D eigenvalue weighted by molar-refractivity contribution is 5.79. The molecular weight excluding hydrogens is 308 g/mol. The summed E-state index contributed by atoms with van der Waals surface area (Å²) >= 11 is 0. The molecule has 0 saturated heterocycles. The molecule has 134 valence electrons. The van der Waals surface area contributed by atoms with Crippen LogP contribution in [0.25, 0.3) is 0 Å². The van der Waals surface area contributed by atoms with E-state index in [1.807, 2.05) is 37.3 Å². The standard InChI is InChI=1S/C19H28O5/c1-13(12-17(20)24-19(4,5)6)18(21)23-15(3)14(2)22-16-10-8-7-9-11-16/h7-11,13-15H,12H2,1-6H3/t13-,14-,15+/m1/s1.